The number of ether oxygens (including phenoxy) is 3. The van der Waals surface area contributed by atoms with E-state index in [1.54, 1.807) is 42.3 Å². The van der Waals surface area contributed by atoms with Crippen LogP contribution in [0, 0.1) is 27.9 Å². The summed E-state index contributed by atoms with van der Waals surface area (Å²) < 4.78 is 20.1. The molecule has 0 unspecified atom stereocenters. The first kappa shape index (κ1) is 51.9. The number of carbonyl (C=O) groups excluding carboxylic acids is 2. The SMILES string of the molecule is C=CCO[C@@]12Oc3ccc(OC(=O)NCCCCCCCCCCCC)cc3[C@H]3[C@H](CCCCO)[C@@H](CCCCO)C=C(C(=NOCC)C[C@@H]1N(C)C(=O)C=Cc1ccc([N+](=O)[O-])cc1)[C@H]32. The maximum absolute atomic E-state index is 14.3. The predicted octanol–water partition coefficient (Wildman–Crippen LogP) is 10.4. The second-order valence-electron chi connectivity index (χ2n) is 17.8. The maximum atomic E-state index is 14.3. The fourth-order valence-electron chi connectivity index (χ4n) is 10.0. The molecule has 14 nitrogen and oxygen atoms in total. The quantitative estimate of drug-likeness (QED) is 0.0233. The molecule has 2 aromatic rings. The first-order valence-corrected chi connectivity index (χ1v) is 24.5. The van der Waals surface area contributed by atoms with E-state index >= 15 is 0 Å². The number of non-ortho nitro benzene ring substituents is 1. The van der Waals surface area contributed by atoms with E-state index < -0.39 is 28.8 Å². The Bertz CT molecular complexity index is 1970. The molecule has 0 bridgehead atoms. The standard InChI is InChI=1S/C52H74N4O10/c1-5-8-9-10-11-12-13-14-15-18-31-53-51(60)65-41-28-29-46-44(36-41)49-42(22-17-20-33-58)39(21-16-19-32-57)35-43-45(54-64-7-3)37-47(52(66-46,50(43)49)63-34-6-2)55(4)48(59)30-25-38-23-26-40(27-24-38)56(61)62/h6,23-30,35-36,39,42,47,49-50,57-58H,2,5,7-22,31-34,37H2,1,3-4H3,(H,53,60)/t39-,42+,47-,49+,50+,52+/m0/s1. The second kappa shape index (κ2) is 26.9. The highest BCUT2D eigenvalue weighted by atomic mass is 16.7. The Labute approximate surface area is 391 Å². The minimum Gasteiger partial charge on any atom is -0.459 e. The van der Waals surface area contributed by atoms with Crippen LogP contribution < -0.4 is 14.8 Å². The predicted molar refractivity (Wildman–Crippen MR) is 257 cm³/mol. The van der Waals surface area contributed by atoms with Gasteiger partial charge in [-0.3, -0.25) is 14.9 Å². The second-order valence-corrected chi connectivity index (χ2v) is 17.8. The summed E-state index contributed by atoms with van der Waals surface area (Å²) in [6.45, 7) is 9.17. The average Bonchev–Trinajstić information content (AvgIpc) is 3.32. The molecule has 2 amide bonds. The van der Waals surface area contributed by atoms with Gasteiger partial charge in [0.15, 0.2) is 0 Å². The Morgan fingerprint density at radius 3 is 2.29 bits per heavy atom. The van der Waals surface area contributed by atoms with Crippen molar-refractivity contribution in [2.75, 3.05) is 40.0 Å². The van der Waals surface area contributed by atoms with E-state index in [-0.39, 0.29) is 55.6 Å². The summed E-state index contributed by atoms with van der Waals surface area (Å²) in [7, 11) is 1.71. The molecule has 5 rings (SSSR count). The summed E-state index contributed by atoms with van der Waals surface area (Å²) in [5.41, 5.74) is 2.97. The van der Waals surface area contributed by atoms with Crippen LogP contribution in [0.1, 0.15) is 140 Å². The molecule has 3 aliphatic rings. The molecule has 1 heterocycles. The number of fused-ring (bicyclic) bond motifs is 2. The molecule has 2 aliphatic carbocycles. The van der Waals surface area contributed by atoms with Gasteiger partial charge < -0.3 is 39.5 Å². The van der Waals surface area contributed by atoms with Gasteiger partial charge in [0.25, 0.3) is 5.69 Å². The number of benzene rings is 2. The molecule has 6 atom stereocenters. The first-order chi connectivity index (χ1) is 32.1. The van der Waals surface area contributed by atoms with Crippen LogP contribution in [-0.2, 0) is 14.4 Å². The number of allylic oxidation sites excluding steroid dienone is 1. The van der Waals surface area contributed by atoms with Crippen LogP contribution in [0.2, 0.25) is 0 Å². The molecule has 0 spiro atoms. The van der Waals surface area contributed by atoms with Crippen molar-refractivity contribution in [1.29, 1.82) is 0 Å². The monoisotopic (exact) mass is 915 g/mol. The van der Waals surface area contributed by atoms with Gasteiger partial charge in [-0.1, -0.05) is 94.9 Å². The van der Waals surface area contributed by atoms with Crippen molar-refractivity contribution in [3.05, 3.63) is 94.1 Å². The van der Waals surface area contributed by atoms with Crippen LogP contribution in [0.25, 0.3) is 6.08 Å². The van der Waals surface area contributed by atoms with E-state index in [2.05, 4.69) is 24.9 Å². The van der Waals surface area contributed by atoms with Crippen LogP contribution in [0.3, 0.4) is 0 Å². The third-order valence-electron chi connectivity index (χ3n) is 13.3. The van der Waals surface area contributed by atoms with Gasteiger partial charge in [0.05, 0.1) is 23.2 Å². The van der Waals surface area contributed by atoms with Crippen molar-refractivity contribution >= 4 is 29.5 Å². The molecule has 66 heavy (non-hydrogen) atoms. The number of aliphatic hydroxyl groups excluding tert-OH is 2. The lowest BCUT2D eigenvalue weighted by Crippen LogP contribution is -2.69. The number of nitro groups is 1. The lowest BCUT2D eigenvalue weighted by Gasteiger charge is -2.59. The topological polar surface area (TPSA) is 182 Å². The Balaban J connectivity index is 1.50. The van der Waals surface area contributed by atoms with Crippen LogP contribution in [0.5, 0.6) is 11.5 Å². The number of rotatable bonds is 29. The number of hydrogen-bond acceptors (Lipinski definition) is 11. The fraction of sp³-hybridized carbons (Fsp3) is 0.596. The average molecular weight is 915 g/mol. The van der Waals surface area contributed by atoms with Crippen LogP contribution in [0.4, 0.5) is 10.5 Å². The maximum Gasteiger partial charge on any atom is 0.412 e. The number of hydrogen-bond donors (Lipinski definition) is 3. The summed E-state index contributed by atoms with van der Waals surface area (Å²) in [5, 5.41) is 38.7. The van der Waals surface area contributed by atoms with Gasteiger partial charge in [0.2, 0.25) is 11.7 Å². The van der Waals surface area contributed by atoms with Gasteiger partial charge in [0, 0.05) is 62.9 Å². The first-order valence-electron chi connectivity index (χ1n) is 24.5. The number of nitrogens with zero attached hydrogens (tertiary/aromatic N) is 3. The molecule has 362 valence electrons. The molecule has 1 saturated carbocycles. The highest BCUT2D eigenvalue weighted by molar-refractivity contribution is 6.03. The summed E-state index contributed by atoms with van der Waals surface area (Å²) in [6.07, 6.45) is 23.1. The largest absolute Gasteiger partial charge is 0.459 e. The zero-order valence-electron chi connectivity index (χ0n) is 39.5. The van der Waals surface area contributed by atoms with Gasteiger partial charge >= 0.3 is 6.09 Å². The highest BCUT2D eigenvalue weighted by Gasteiger charge is 2.65. The number of amides is 2. The van der Waals surface area contributed by atoms with Crippen molar-refractivity contribution in [2.45, 2.75) is 141 Å². The molecule has 1 fully saturated rings. The van der Waals surface area contributed by atoms with Crippen molar-refractivity contribution in [2.24, 2.45) is 22.9 Å². The number of unbranched alkanes of at least 4 members (excludes halogenated alkanes) is 11. The number of likely N-dealkylation sites (N-methyl/N-ethyl adjacent to an activating group) is 1. The van der Waals surface area contributed by atoms with Crippen molar-refractivity contribution in [3.63, 3.8) is 0 Å². The van der Waals surface area contributed by atoms with Crippen molar-refractivity contribution < 1.29 is 43.8 Å². The number of nitrogens with one attached hydrogen (secondary N) is 1. The highest BCUT2D eigenvalue weighted by Crippen LogP contribution is 2.61. The van der Waals surface area contributed by atoms with Gasteiger partial charge in [-0.2, -0.15) is 0 Å². The van der Waals surface area contributed by atoms with Gasteiger partial charge in [-0.15, -0.1) is 6.58 Å². The summed E-state index contributed by atoms with van der Waals surface area (Å²) in [6, 6.07) is 10.7. The Morgan fingerprint density at radius 1 is 0.955 bits per heavy atom. The molecule has 1 aliphatic heterocycles. The minimum absolute atomic E-state index is 0.00565. The van der Waals surface area contributed by atoms with Gasteiger partial charge in [0.1, 0.15) is 24.1 Å². The number of oxime groups is 1. The van der Waals surface area contributed by atoms with E-state index in [4.69, 9.17) is 24.2 Å². The van der Waals surface area contributed by atoms with Crippen LogP contribution in [-0.4, -0.2) is 89.6 Å². The molecule has 0 saturated heterocycles. The lowest BCUT2D eigenvalue weighted by molar-refractivity contribution is -0.384. The molecule has 0 radical (unpaired) electrons. The van der Waals surface area contributed by atoms with E-state index in [0.717, 1.165) is 56.1 Å². The van der Waals surface area contributed by atoms with Crippen LogP contribution >= 0.6 is 0 Å². The molecular weight excluding hydrogens is 841 g/mol. The Morgan fingerprint density at radius 2 is 1.64 bits per heavy atom. The molecule has 0 aromatic heterocycles. The summed E-state index contributed by atoms with van der Waals surface area (Å²) in [4.78, 5) is 45.7. The third kappa shape index (κ3) is 13.8. The lowest BCUT2D eigenvalue weighted by atomic mass is 9.55. The summed E-state index contributed by atoms with van der Waals surface area (Å²) >= 11 is 0. The zero-order valence-corrected chi connectivity index (χ0v) is 39.5. The Hall–Kier alpha value is -5.05. The number of carbonyl (C=O) groups is 2. The summed E-state index contributed by atoms with van der Waals surface area (Å²) in [5.74, 6) is -1.66. The van der Waals surface area contributed by atoms with E-state index in [0.29, 0.717) is 48.8 Å². The van der Waals surface area contributed by atoms with Gasteiger partial charge in [-0.05, 0) is 98.4 Å². The fourth-order valence-corrected chi connectivity index (χ4v) is 10.0. The Kier molecular flexibility index (Phi) is 21.2. The van der Waals surface area contributed by atoms with E-state index in [1.807, 2.05) is 19.1 Å². The van der Waals surface area contributed by atoms with E-state index in [1.165, 1.54) is 63.2 Å². The number of aliphatic hydroxyl groups is 2. The zero-order chi connectivity index (χ0) is 47.3. The molecule has 3 N–H and O–H groups in total. The van der Waals surface area contributed by atoms with E-state index in [9.17, 15) is 29.9 Å². The molecule has 14 heteroatoms. The van der Waals surface area contributed by atoms with Crippen molar-refractivity contribution in [1.82, 2.24) is 10.2 Å². The minimum atomic E-state index is -1.45. The smallest absolute Gasteiger partial charge is 0.412 e. The number of nitro benzene ring substituents is 1. The molecular formula is C52H74N4O10. The van der Waals surface area contributed by atoms with Crippen LogP contribution in [0.15, 0.2) is 78.0 Å². The molecule has 2 aromatic carbocycles. The van der Waals surface area contributed by atoms with Crippen molar-refractivity contribution in [3.8, 4) is 11.5 Å². The van der Waals surface area contributed by atoms with Gasteiger partial charge in [-0.25, -0.2) is 4.79 Å². The third-order valence-corrected chi connectivity index (χ3v) is 13.3. The normalized spacial score (nSPS) is 22.5.